The van der Waals surface area contributed by atoms with Crippen molar-refractivity contribution in [2.75, 3.05) is 32.6 Å². The number of likely N-dealkylation sites (N-methyl/N-ethyl adjacent to an activating group) is 1. The normalized spacial score (nSPS) is 12.6. The second-order valence-electron chi connectivity index (χ2n) is 7.02. The van der Waals surface area contributed by atoms with Crippen molar-refractivity contribution in [2.45, 2.75) is 6.04 Å². The second kappa shape index (κ2) is 10.6. The molecular weight excluding hydrogens is 398 g/mol. The third-order valence-electron chi connectivity index (χ3n) is 4.54. The Morgan fingerprint density at radius 1 is 1.00 bits per heavy atom. The SMILES string of the molecule is COc1cccc(NC(=O)C[NH+](C)CC(=O)N[C@H](c2ccccc2)c2cccs2)c1. The van der Waals surface area contributed by atoms with Gasteiger partial charge in [-0.1, -0.05) is 42.5 Å². The highest BCUT2D eigenvalue weighted by molar-refractivity contribution is 7.10. The van der Waals surface area contributed by atoms with Gasteiger partial charge in [-0.3, -0.25) is 9.59 Å². The van der Waals surface area contributed by atoms with Crippen molar-refractivity contribution >= 4 is 28.8 Å². The van der Waals surface area contributed by atoms with E-state index in [0.29, 0.717) is 11.4 Å². The Labute approximate surface area is 180 Å². The number of hydrogen-bond acceptors (Lipinski definition) is 4. The van der Waals surface area contributed by atoms with E-state index in [0.717, 1.165) is 15.3 Å². The maximum atomic E-state index is 12.7. The zero-order valence-electron chi connectivity index (χ0n) is 17.1. The molecule has 1 heterocycles. The predicted molar refractivity (Wildman–Crippen MR) is 119 cm³/mol. The lowest BCUT2D eigenvalue weighted by Gasteiger charge is -2.20. The van der Waals surface area contributed by atoms with E-state index in [2.05, 4.69) is 10.6 Å². The molecule has 156 valence electrons. The molecule has 0 aliphatic rings. The van der Waals surface area contributed by atoms with E-state index < -0.39 is 0 Å². The van der Waals surface area contributed by atoms with Gasteiger partial charge in [0.05, 0.1) is 20.2 Å². The molecule has 0 bridgehead atoms. The summed E-state index contributed by atoms with van der Waals surface area (Å²) in [7, 11) is 3.41. The zero-order valence-corrected chi connectivity index (χ0v) is 17.9. The van der Waals surface area contributed by atoms with Crippen molar-refractivity contribution in [3.63, 3.8) is 0 Å². The lowest BCUT2D eigenvalue weighted by molar-refractivity contribution is -0.862. The van der Waals surface area contributed by atoms with E-state index in [1.165, 1.54) is 0 Å². The van der Waals surface area contributed by atoms with Gasteiger partial charge in [-0.05, 0) is 29.1 Å². The molecule has 30 heavy (non-hydrogen) atoms. The molecule has 1 aromatic heterocycles. The summed E-state index contributed by atoms with van der Waals surface area (Å²) in [6.45, 7) is 0.375. The van der Waals surface area contributed by atoms with Gasteiger partial charge in [0.15, 0.2) is 13.1 Å². The fourth-order valence-corrected chi connectivity index (χ4v) is 3.95. The standard InChI is InChI=1S/C23H25N3O3S/c1-26(15-21(27)24-18-10-6-11-19(14-18)29-2)16-22(28)25-23(20-12-7-13-30-20)17-8-4-3-5-9-17/h3-14,23H,15-16H2,1-2H3,(H,24,27)(H,25,28)/p+1/t23-/m1/s1. The van der Waals surface area contributed by atoms with Gasteiger partial charge < -0.3 is 20.3 Å². The average molecular weight is 425 g/mol. The van der Waals surface area contributed by atoms with E-state index >= 15 is 0 Å². The largest absolute Gasteiger partial charge is 0.497 e. The molecule has 3 rings (SSSR count). The van der Waals surface area contributed by atoms with Gasteiger partial charge in [0.25, 0.3) is 11.8 Å². The number of methoxy groups -OCH3 is 1. The Bertz CT molecular complexity index is 961. The predicted octanol–water partition coefficient (Wildman–Crippen LogP) is 2.12. The molecule has 0 aliphatic heterocycles. The summed E-state index contributed by atoms with van der Waals surface area (Å²) in [4.78, 5) is 26.9. The number of benzene rings is 2. The summed E-state index contributed by atoms with van der Waals surface area (Å²) in [6, 6.07) is 20.9. The lowest BCUT2D eigenvalue weighted by atomic mass is 10.1. The molecule has 2 aromatic carbocycles. The molecular formula is C23H26N3O3S+. The number of hydrogen-bond donors (Lipinski definition) is 3. The molecule has 6 nitrogen and oxygen atoms in total. The van der Waals surface area contributed by atoms with Crippen LogP contribution in [0.25, 0.3) is 0 Å². The van der Waals surface area contributed by atoms with Crippen LogP contribution in [0.15, 0.2) is 72.1 Å². The van der Waals surface area contributed by atoms with Crippen molar-refractivity contribution in [1.29, 1.82) is 0 Å². The number of ether oxygens (including phenoxy) is 1. The molecule has 1 unspecified atom stereocenters. The van der Waals surface area contributed by atoms with Crippen molar-refractivity contribution in [3.05, 3.63) is 82.6 Å². The van der Waals surface area contributed by atoms with Gasteiger partial charge in [-0.25, -0.2) is 0 Å². The second-order valence-corrected chi connectivity index (χ2v) is 8.00. The van der Waals surface area contributed by atoms with Crippen molar-refractivity contribution < 1.29 is 19.2 Å². The molecule has 0 spiro atoms. The highest BCUT2D eigenvalue weighted by Gasteiger charge is 2.21. The first-order chi connectivity index (χ1) is 14.5. The monoisotopic (exact) mass is 424 g/mol. The Morgan fingerprint density at radius 2 is 1.77 bits per heavy atom. The van der Waals surface area contributed by atoms with E-state index in [9.17, 15) is 9.59 Å². The number of amides is 2. The molecule has 0 fully saturated rings. The minimum Gasteiger partial charge on any atom is -0.497 e. The number of quaternary nitrogens is 1. The first kappa shape index (κ1) is 21.5. The molecule has 2 atom stereocenters. The fourth-order valence-electron chi connectivity index (χ4n) is 3.15. The Hall–Kier alpha value is -3.16. The maximum absolute atomic E-state index is 12.7. The van der Waals surface area contributed by atoms with Crippen LogP contribution in [0.4, 0.5) is 5.69 Å². The molecule has 3 N–H and O–H groups in total. The number of carbonyl (C=O) groups excluding carboxylic acids is 2. The average Bonchev–Trinajstić information content (AvgIpc) is 3.27. The number of anilines is 1. The Kier molecular flexibility index (Phi) is 7.59. The Balaban J connectivity index is 1.55. The molecule has 0 saturated carbocycles. The van der Waals surface area contributed by atoms with Crippen LogP contribution in [0.1, 0.15) is 16.5 Å². The number of thiophene rings is 1. The third-order valence-corrected chi connectivity index (χ3v) is 5.48. The first-order valence-electron chi connectivity index (χ1n) is 9.68. The van der Waals surface area contributed by atoms with Crippen LogP contribution in [0.3, 0.4) is 0 Å². The number of nitrogens with one attached hydrogen (secondary N) is 3. The van der Waals surface area contributed by atoms with Gasteiger partial charge in [-0.2, -0.15) is 0 Å². The highest BCUT2D eigenvalue weighted by Crippen LogP contribution is 2.25. The quantitative estimate of drug-likeness (QED) is 0.493. The topological polar surface area (TPSA) is 71.9 Å². The van der Waals surface area contributed by atoms with E-state index in [4.69, 9.17) is 4.74 Å². The Morgan fingerprint density at radius 3 is 2.47 bits per heavy atom. The summed E-state index contributed by atoms with van der Waals surface area (Å²) < 4.78 is 5.17. The van der Waals surface area contributed by atoms with Crippen LogP contribution >= 0.6 is 11.3 Å². The van der Waals surface area contributed by atoms with Crippen molar-refractivity contribution in [2.24, 2.45) is 0 Å². The molecule has 2 amide bonds. The van der Waals surface area contributed by atoms with Crippen LogP contribution in [0.5, 0.6) is 5.75 Å². The highest BCUT2D eigenvalue weighted by atomic mass is 32.1. The third kappa shape index (κ3) is 6.17. The van der Waals surface area contributed by atoms with Crippen LogP contribution in [-0.2, 0) is 9.59 Å². The van der Waals surface area contributed by atoms with E-state index in [1.807, 2.05) is 67.0 Å². The van der Waals surface area contributed by atoms with Gasteiger partial charge in [0.2, 0.25) is 0 Å². The molecule has 7 heteroatoms. The summed E-state index contributed by atoms with van der Waals surface area (Å²) in [5.41, 5.74) is 1.69. The summed E-state index contributed by atoms with van der Waals surface area (Å²) in [5.74, 6) is 0.406. The summed E-state index contributed by atoms with van der Waals surface area (Å²) in [5, 5.41) is 7.94. The zero-order chi connectivity index (χ0) is 21.3. The van der Waals surface area contributed by atoms with Gasteiger partial charge in [0, 0.05) is 16.6 Å². The van der Waals surface area contributed by atoms with Gasteiger partial charge in [0.1, 0.15) is 5.75 Å². The van der Waals surface area contributed by atoms with Crippen molar-refractivity contribution in [3.8, 4) is 5.75 Å². The number of carbonyl (C=O) groups is 2. The van der Waals surface area contributed by atoms with E-state index in [1.54, 1.807) is 30.6 Å². The first-order valence-corrected chi connectivity index (χ1v) is 10.6. The molecule has 0 radical (unpaired) electrons. The van der Waals surface area contributed by atoms with Crippen LogP contribution in [-0.4, -0.2) is 39.1 Å². The van der Waals surface area contributed by atoms with Crippen LogP contribution in [0.2, 0.25) is 0 Å². The summed E-state index contributed by atoms with van der Waals surface area (Å²) in [6.07, 6.45) is 0. The lowest BCUT2D eigenvalue weighted by Crippen LogP contribution is -3.11. The van der Waals surface area contributed by atoms with Crippen LogP contribution in [0, 0.1) is 0 Å². The maximum Gasteiger partial charge on any atom is 0.279 e. The molecule has 3 aromatic rings. The minimum absolute atomic E-state index is 0.107. The molecule has 0 aliphatic carbocycles. The van der Waals surface area contributed by atoms with Crippen molar-refractivity contribution in [1.82, 2.24) is 5.32 Å². The van der Waals surface area contributed by atoms with Gasteiger partial charge in [-0.15, -0.1) is 11.3 Å². The van der Waals surface area contributed by atoms with Crippen LogP contribution < -0.4 is 20.3 Å². The van der Waals surface area contributed by atoms with E-state index in [-0.39, 0.29) is 30.9 Å². The number of rotatable bonds is 9. The minimum atomic E-state index is -0.197. The summed E-state index contributed by atoms with van der Waals surface area (Å²) >= 11 is 1.61. The fraction of sp³-hybridized carbons (Fsp3) is 0.217. The molecule has 0 saturated heterocycles. The van der Waals surface area contributed by atoms with Gasteiger partial charge >= 0.3 is 0 Å². The smallest absolute Gasteiger partial charge is 0.279 e.